The normalized spacial score (nSPS) is 9.43. The van der Waals surface area contributed by atoms with Crippen molar-refractivity contribution in [2.45, 2.75) is 0 Å². The maximum Gasteiger partial charge on any atom is 0.323 e. The number of nitrogens with one attached hydrogen (secondary N) is 2. The molecule has 2 rings (SSSR count). The summed E-state index contributed by atoms with van der Waals surface area (Å²) in [6, 6.07) is 12.6. The van der Waals surface area contributed by atoms with Gasteiger partial charge in [-0.05, 0) is 30.3 Å². The second-order valence-corrected chi connectivity index (χ2v) is 4.10. The Kier molecular flexibility index (Phi) is 4.91. The Labute approximate surface area is 121 Å². The molecule has 0 fully saturated rings. The maximum absolute atomic E-state index is 13.5. The molecule has 0 unspecified atom stereocenters. The van der Waals surface area contributed by atoms with Crippen LogP contribution in [-0.2, 0) is 0 Å². The molecule has 2 aromatic carbocycles. The van der Waals surface area contributed by atoms with Crippen LogP contribution in [0.2, 0.25) is 0 Å². The van der Waals surface area contributed by atoms with Crippen LogP contribution in [0.15, 0.2) is 48.5 Å². The average molecular weight is 284 g/mol. The van der Waals surface area contributed by atoms with Gasteiger partial charge in [-0.2, -0.15) is 0 Å². The molecule has 0 aliphatic heterocycles. The van der Waals surface area contributed by atoms with E-state index in [-0.39, 0.29) is 12.2 Å². The maximum atomic E-state index is 13.5. The molecule has 0 spiro atoms. The van der Waals surface area contributed by atoms with Gasteiger partial charge in [0.25, 0.3) is 0 Å². The smallest absolute Gasteiger partial charge is 0.323 e. The van der Waals surface area contributed by atoms with Gasteiger partial charge >= 0.3 is 6.03 Å². The number of hydrogen-bond donors (Lipinski definition) is 3. The topological polar surface area (TPSA) is 61.4 Å². The van der Waals surface area contributed by atoms with Crippen molar-refractivity contribution in [3.05, 3.63) is 59.9 Å². The molecule has 2 aromatic rings. The number of benzene rings is 2. The molecule has 0 radical (unpaired) electrons. The molecule has 0 aliphatic carbocycles. The highest BCUT2D eigenvalue weighted by molar-refractivity contribution is 5.99. The number of carbonyl (C=O) groups is 1. The Morgan fingerprint density at radius 3 is 2.52 bits per heavy atom. The Hall–Kier alpha value is -2.84. The minimum atomic E-state index is -0.509. The number of amides is 2. The highest BCUT2D eigenvalue weighted by Gasteiger charge is 2.05. The molecule has 0 atom stereocenters. The van der Waals surface area contributed by atoms with E-state index in [1.165, 1.54) is 18.2 Å². The van der Waals surface area contributed by atoms with Gasteiger partial charge in [0.15, 0.2) is 0 Å². The Balaban J connectivity index is 2.07. The molecule has 21 heavy (non-hydrogen) atoms. The van der Waals surface area contributed by atoms with Crippen molar-refractivity contribution in [1.29, 1.82) is 0 Å². The van der Waals surface area contributed by atoms with E-state index < -0.39 is 11.8 Å². The molecule has 0 aromatic heterocycles. The summed E-state index contributed by atoms with van der Waals surface area (Å²) in [6.45, 7) is -0.356. The summed E-state index contributed by atoms with van der Waals surface area (Å²) < 4.78 is 13.5. The number of carbonyl (C=O) groups excluding carboxylic acids is 1. The van der Waals surface area contributed by atoms with Crippen LogP contribution >= 0.6 is 0 Å². The van der Waals surface area contributed by atoms with Crippen LogP contribution in [0.4, 0.5) is 20.6 Å². The molecule has 4 nitrogen and oxygen atoms in total. The Morgan fingerprint density at radius 1 is 1.10 bits per heavy atom. The third kappa shape index (κ3) is 4.34. The monoisotopic (exact) mass is 284 g/mol. The molecule has 0 bridgehead atoms. The average Bonchev–Trinajstić information content (AvgIpc) is 2.48. The minimum Gasteiger partial charge on any atom is -0.384 e. The summed E-state index contributed by atoms with van der Waals surface area (Å²) in [7, 11) is 0. The highest BCUT2D eigenvalue weighted by Crippen LogP contribution is 2.14. The highest BCUT2D eigenvalue weighted by atomic mass is 19.1. The van der Waals surface area contributed by atoms with Crippen molar-refractivity contribution < 1.29 is 14.3 Å². The molecule has 5 heteroatoms. The summed E-state index contributed by atoms with van der Waals surface area (Å²) in [6.07, 6.45) is 0. The van der Waals surface area contributed by atoms with Crippen molar-refractivity contribution in [2.24, 2.45) is 0 Å². The number of para-hydroxylation sites is 1. The number of anilines is 2. The largest absolute Gasteiger partial charge is 0.384 e. The first kappa shape index (κ1) is 14.6. The van der Waals surface area contributed by atoms with Crippen molar-refractivity contribution in [3.63, 3.8) is 0 Å². The van der Waals surface area contributed by atoms with Crippen molar-refractivity contribution >= 4 is 17.4 Å². The van der Waals surface area contributed by atoms with E-state index in [9.17, 15) is 9.18 Å². The molecular formula is C16H13FN2O2. The second kappa shape index (κ2) is 7.08. The molecule has 0 saturated heterocycles. The van der Waals surface area contributed by atoms with Crippen LogP contribution in [0.3, 0.4) is 0 Å². The lowest BCUT2D eigenvalue weighted by atomic mass is 10.2. The third-order valence-electron chi connectivity index (χ3n) is 2.56. The van der Waals surface area contributed by atoms with E-state index >= 15 is 0 Å². The fraction of sp³-hybridized carbons (Fsp3) is 0.0625. The number of aliphatic hydroxyl groups excluding tert-OH is 1. The first-order valence-electron chi connectivity index (χ1n) is 6.21. The summed E-state index contributed by atoms with van der Waals surface area (Å²) in [5.74, 6) is 4.33. The quantitative estimate of drug-likeness (QED) is 0.743. The van der Waals surface area contributed by atoms with Gasteiger partial charge in [-0.25, -0.2) is 9.18 Å². The fourth-order valence-corrected chi connectivity index (χ4v) is 1.65. The minimum absolute atomic E-state index is 0.113. The standard InChI is InChI=1S/C16H13FN2O2/c17-15-9-8-14(11-12(15)5-4-10-20)19-16(21)18-13-6-2-1-3-7-13/h1-3,6-9,11,20H,10H2,(H2,18,19,21). The zero-order chi connectivity index (χ0) is 15.1. The number of hydrogen-bond acceptors (Lipinski definition) is 2. The number of halogens is 1. The molecule has 0 aliphatic rings. The number of urea groups is 1. The van der Waals surface area contributed by atoms with E-state index in [2.05, 4.69) is 22.5 Å². The van der Waals surface area contributed by atoms with E-state index in [4.69, 9.17) is 5.11 Å². The zero-order valence-corrected chi connectivity index (χ0v) is 11.1. The molecule has 2 amide bonds. The predicted molar refractivity (Wildman–Crippen MR) is 79.4 cm³/mol. The lowest BCUT2D eigenvalue weighted by Gasteiger charge is -2.08. The van der Waals surface area contributed by atoms with Gasteiger partial charge in [0.05, 0.1) is 5.56 Å². The van der Waals surface area contributed by atoms with Gasteiger partial charge in [0, 0.05) is 11.4 Å². The molecule has 0 saturated carbocycles. The van der Waals surface area contributed by atoms with Gasteiger partial charge in [0.1, 0.15) is 12.4 Å². The van der Waals surface area contributed by atoms with E-state index in [1.807, 2.05) is 6.07 Å². The number of aliphatic hydroxyl groups is 1. The van der Waals surface area contributed by atoms with Gasteiger partial charge in [0.2, 0.25) is 0 Å². The summed E-state index contributed by atoms with van der Waals surface area (Å²) in [5, 5.41) is 13.9. The molecule has 3 N–H and O–H groups in total. The van der Waals surface area contributed by atoms with E-state index in [0.29, 0.717) is 11.4 Å². The summed E-state index contributed by atoms with van der Waals surface area (Å²) >= 11 is 0. The van der Waals surface area contributed by atoms with Crippen LogP contribution in [0.5, 0.6) is 0 Å². The Bertz CT molecular complexity index is 690. The van der Waals surface area contributed by atoms with Gasteiger partial charge in [-0.1, -0.05) is 30.0 Å². The molecule has 106 valence electrons. The first-order chi connectivity index (χ1) is 10.2. The van der Waals surface area contributed by atoms with E-state index in [1.54, 1.807) is 24.3 Å². The van der Waals surface area contributed by atoms with Crippen LogP contribution < -0.4 is 10.6 Å². The zero-order valence-electron chi connectivity index (χ0n) is 11.1. The van der Waals surface area contributed by atoms with Crippen LogP contribution in [-0.4, -0.2) is 17.7 Å². The summed E-state index contributed by atoms with van der Waals surface area (Å²) in [4.78, 5) is 11.8. The van der Waals surface area contributed by atoms with Crippen molar-refractivity contribution in [3.8, 4) is 11.8 Å². The van der Waals surface area contributed by atoms with Crippen molar-refractivity contribution in [1.82, 2.24) is 0 Å². The van der Waals surface area contributed by atoms with Crippen LogP contribution in [0.1, 0.15) is 5.56 Å². The second-order valence-electron chi connectivity index (χ2n) is 4.10. The predicted octanol–water partition coefficient (Wildman–Crippen LogP) is 2.81. The fourth-order valence-electron chi connectivity index (χ4n) is 1.65. The number of rotatable bonds is 2. The van der Waals surface area contributed by atoms with Gasteiger partial charge in [-0.15, -0.1) is 0 Å². The van der Waals surface area contributed by atoms with Gasteiger partial charge in [-0.3, -0.25) is 0 Å². The summed E-state index contributed by atoms with van der Waals surface area (Å²) in [5.41, 5.74) is 1.17. The lowest BCUT2D eigenvalue weighted by molar-refractivity contribution is 0.262. The lowest BCUT2D eigenvalue weighted by Crippen LogP contribution is -2.19. The molecule has 0 heterocycles. The Morgan fingerprint density at radius 2 is 1.81 bits per heavy atom. The van der Waals surface area contributed by atoms with Crippen LogP contribution in [0, 0.1) is 17.7 Å². The van der Waals surface area contributed by atoms with Crippen LogP contribution in [0.25, 0.3) is 0 Å². The van der Waals surface area contributed by atoms with Gasteiger partial charge < -0.3 is 15.7 Å². The van der Waals surface area contributed by atoms with Crippen molar-refractivity contribution in [2.75, 3.05) is 17.2 Å². The van der Waals surface area contributed by atoms with E-state index in [0.717, 1.165) is 0 Å². The third-order valence-corrected chi connectivity index (χ3v) is 2.56. The molecular weight excluding hydrogens is 271 g/mol. The first-order valence-corrected chi connectivity index (χ1v) is 6.21. The SMILES string of the molecule is O=C(Nc1ccccc1)Nc1ccc(F)c(C#CCO)c1.